The third-order valence-electron chi connectivity index (χ3n) is 1.51. The fourth-order valence-corrected chi connectivity index (χ4v) is 0.970. The van der Waals surface area contributed by atoms with Crippen LogP contribution in [0.3, 0.4) is 0 Å². The van der Waals surface area contributed by atoms with Crippen LogP contribution in [0.15, 0.2) is 12.3 Å². The van der Waals surface area contributed by atoms with Gasteiger partial charge in [0.1, 0.15) is 5.52 Å². The van der Waals surface area contributed by atoms with Crippen molar-refractivity contribution >= 4 is 11.2 Å². The van der Waals surface area contributed by atoms with E-state index in [0.29, 0.717) is 17.6 Å². The molecule has 0 bridgehead atoms. The number of fused-ring (bicyclic) bond motifs is 1. The SMILES string of the molecule is N#CCc1cnc2n[nH]nc2c1. The molecule has 0 saturated carbocycles. The minimum Gasteiger partial charge on any atom is -0.233 e. The first-order valence-corrected chi connectivity index (χ1v) is 3.42. The molecule has 0 unspecified atom stereocenters. The molecule has 2 aromatic rings. The molecule has 58 valence electrons. The van der Waals surface area contributed by atoms with Gasteiger partial charge in [0.05, 0.1) is 12.5 Å². The van der Waals surface area contributed by atoms with Crippen LogP contribution in [0, 0.1) is 11.3 Å². The topological polar surface area (TPSA) is 78.2 Å². The lowest BCUT2D eigenvalue weighted by atomic mass is 10.2. The van der Waals surface area contributed by atoms with Gasteiger partial charge in [0.2, 0.25) is 5.65 Å². The molecule has 2 aromatic heterocycles. The fraction of sp³-hybridized carbons (Fsp3) is 0.143. The lowest BCUT2D eigenvalue weighted by Gasteiger charge is -1.90. The third kappa shape index (κ3) is 0.992. The van der Waals surface area contributed by atoms with Crippen LogP contribution in [0.1, 0.15) is 5.56 Å². The average Bonchev–Trinajstić information content (AvgIpc) is 2.51. The zero-order chi connectivity index (χ0) is 8.39. The van der Waals surface area contributed by atoms with Crippen LogP contribution < -0.4 is 0 Å². The summed E-state index contributed by atoms with van der Waals surface area (Å²) in [6.45, 7) is 0. The summed E-state index contributed by atoms with van der Waals surface area (Å²) in [6.07, 6.45) is 1.99. The molecular formula is C7H5N5. The van der Waals surface area contributed by atoms with Crippen LogP contribution in [-0.4, -0.2) is 20.4 Å². The summed E-state index contributed by atoms with van der Waals surface area (Å²) in [5, 5.41) is 18.5. The maximum absolute atomic E-state index is 8.42. The summed E-state index contributed by atoms with van der Waals surface area (Å²) in [7, 11) is 0. The Bertz CT molecular complexity index is 438. The zero-order valence-electron chi connectivity index (χ0n) is 6.15. The average molecular weight is 159 g/mol. The lowest BCUT2D eigenvalue weighted by molar-refractivity contribution is 0.954. The zero-order valence-corrected chi connectivity index (χ0v) is 6.15. The van der Waals surface area contributed by atoms with Gasteiger partial charge in [0, 0.05) is 6.20 Å². The fourth-order valence-electron chi connectivity index (χ4n) is 0.970. The van der Waals surface area contributed by atoms with E-state index in [1.807, 2.05) is 6.07 Å². The van der Waals surface area contributed by atoms with Crippen LogP contribution in [-0.2, 0) is 6.42 Å². The molecule has 1 N–H and O–H groups in total. The van der Waals surface area contributed by atoms with E-state index in [4.69, 9.17) is 5.26 Å². The van der Waals surface area contributed by atoms with Crippen LogP contribution >= 0.6 is 0 Å². The normalized spacial score (nSPS) is 9.92. The van der Waals surface area contributed by atoms with E-state index in [2.05, 4.69) is 20.4 Å². The quantitative estimate of drug-likeness (QED) is 0.654. The monoisotopic (exact) mass is 159 g/mol. The highest BCUT2D eigenvalue weighted by Crippen LogP contribution is 2.06. The molecule has 2 rings (SSSR count). The molecule has 0 aliphatic rings. The summed E-state index contributed by atoms with van der Waals surface area (Å²) in [5.74, 6) is 0. The van der Waals surface area contributed by atoms with Crippen LogP contribution in [0.5, 0.6) is 0 Å². The molecule has 0 spiro atoms. The van der Waals surface area contributed by atoms with Crippen molar-refractivity contribution in [1.82, 2.24) is 20.4 Å². The molecule has 0 radical (unpaired) electrons. The Hall–Kier alpha value is -1.96. The number of hydrogen-bond donors (Lipinski definition) is 1. The Morgan fingerprint density at radius 2 is 2.42 bits per heavy atom. The number of nitrogens with one attached hydrogen (secondary N) is 1. The number of pyridine rings is 1. The third-order valence-corrected chi connectivity index (χ3v) is 1.51. The number of aromatic amines is 1. The number of aromatic nitrogens is 4. The molecule has 0 aliphatic heterocycles. The van der Waals surface area contributed by atoms with E-state index < -0.39 is 0 Å². The molecule has 0 saturated heterocycles. The number of rotatable bonds is 1. The lowest BCUT2D eigenvalue weighted by Crippen LogP contribution is -1.84. The highest BCUT2D eigenvalue weighted by Gasteiger charge is 1.99. The van der Waals surface area contributed by atoms with E-state index in [-0.39, 0.29) is 0 Å². The van der Waals surface area contributed by atoms with Crippen molar-refractivity contribution in [2.75, 3.05) is 0 Å². The Kier molecular flexibility index (Phi) is 1.45. The van der Waals surface area contributed by atoms with Crippen molar-refractivity contribution in [1.29, 1.82) is 5.26 Å². The molecule has 0 fully saturated rings. The predicted octanol–water partition coefficient (Wildman–Crippen LogP) is 0.419. The summed E-state index contributed by atoms with van der Waals surface area (Å²) in [6, 6.07) is 3.84. The minimum absolute atomic E-state index is 0.357. The molecule has 2 heterocycles. The molecule has 12 heavy (non-hydrogen) atoms. The second-order valence-corrected chi connectivity index (χ2v) is 2.34. The van der Waals surface area contributed by atoms with Gasteiger partial charge in [-0.1, -0.05) is 0 Å². The molecular weight excluding hydrogens is 154 g/mol. The Morgan fingerprint density at radius 3 is 3.25 bits per heavy atom. The van der Waals surface area contributed by atoms with E-state index in [0.717, 1.165) is 5.56 Å². The van der Waals surface area contributed by atoms with Crippen molar-refractivity contribution in [3.05, 3.63) is 17.8 Å². The molecule has 0 amide bonds. The first-order valence-electron chi connectivity index (χ1n) is 3.42. The molecule has 0 atom stereocenters. The van der Waals surface area contributed by atoms with Crippen molar-refractivity contribution < 1.29 is 0 Å². The maximum Gasteiger partial charge on any atom is 0.201 e. The standard InChI is InChI=1S/C7H5N5/c8-2-1-5-3-6-7(9-4-5)11-12-10-6/h3-4H,1H2,(H,9,10,11,12). The summed E-state index contributed by atoms with van der Waals surface area (Å²) < 4.78 is 0. The van der Waals surface area contributed by atoms with Gasteiger partial charge in [-0.3, -0.25) is 0 Å². The van der Waals surface area contributed by atoms with Crippen LogP contribution in [0.4, 0.5) is 0 Å². The van der Waals surface area contributed by atoms with Gasteiger partial charge in [-0.2, -0.15) is 15.6 Å². The van der Waals surface area contributed by atoms with Gasteiger partial charge in [0.25, 0.3) is 0 Å². The highest BCUT2D eigenvalue weighted by molar-refractivity contribution is 5.69. The van der Waals surface area contributed by atoms with E-state index in [1.165, 1.54) is 0 Å². The molecule has 0 aliphatic carbocycles. The van der Waals surface area contributed by atoms with E-state index in [1.54, 1.807) is 12.3 Å². The van der Waals surface area contributed by atoms with Gasteiger partial charge < -0.3 is 0 Å². The predicted molar refractivity (Wildman–Crippen MR) is 41.0 cm³/mol. The van der Waals surface area contributed by atoms with Crippen LogP contribution in [0.2, 0.25) is 0 Å². The molecule has 5 heteroatoms. The summed E-state index contributed by atoms with van der Waals surface area (Å²) in [4.78, 5) is 4.00. The first-order chi connectivity index (χ1) is 5.90. The van der Waals surface area contributed by atoms with Gasteiger partial charge in [-0.25, -0.2) is 4.98 Å². The summed E-state index contributed by atoms with van der Waals surface area (Å²) >= 11 is 0. The van der Waals surface area contributed by atoms with Gasteiger partial charge in [0.15, 0.2) is 0 Å². The molecule has 5 nitrogen and oxygen atoms in total. The number of nitriles is 1. The van der Waals surface area contributed by atoms with Gasteiger partial charge >= 0.3 is 0 Å². The smallest absolute Gasteiger partial charge is 0.201 e. The van der Waals surface area contributed by atoms with E-state index >= 15 is 0 Å². The molecule has 0 aromatic carbocycles. The maximum atomic E-state index is 8.42. The van der Waals surface area contributed by atoms with E-state index in [9.17, 15) is 0 Å². The second kappa shape index (κ2) is 2.58. The number of nitrogens with zero attached hydrogens (tertiary/aromatic N) is 4. The first kappa shape index (κ1) is 6.73. The van der Waals surface area contributed by atoms with Crippen molar-refractivity contribution in [2.24, 2.45) is 0 Å². The van der Waals surface area contributed by atoms with Crippen molar-refractivity contribution in [3.63, 3.8) is 0 Å². The van der Waals surface area contributed by atoms with Crippen molar-refractivity contribution in [2.45, 2.75) is 6.42 Å². The largest absolute Gasteiger partial charge is 0.233 e. The minimum atomic E-state index is 0.357. The highest BCUT2D eigenvalue weighted by atomic mass is 15.3. The number of hydrogen-bond acceptors (Lipinski definition) is 4. The van der Waals surface area contributed by atoms with Crippen LogP contribution in [0.25, 0.3) is 11.2 Å². The second-order valence-electron chi connectivity index (χ2n) is 2.34. The number of H-pyrrole nitrogens is 1. The van der Waals surface area contributed by atoms with Gasteiger partial charge in [-0.05, 0) is 11.6 Å². The van der Waals surface area contributed by atoms with Gasteiger partial charge in [-0.15, -0.1) is 5.10 Å². The Labute approximate surface area is 68.0 Å². The Morgan fingerprint density at radius 1 is 1.50 bits per heavy atom. The Balaban J connectivity index is 2.54. The summed E-state index contributed by atoms with van der Waals surface area (Å²) in [5.41, 5.74) is 2.14. The van der Waals surface area contributed by atoms with Crippen molar-refractivity contribution in [3.8, 4) is 6.07 Å².